The fourth-order valence-corrected chi connectivity index (χ4v) is 8.05. The topological polar surface area (TPSA) is 140 Å². The van der Waals surface area contributed by atoms with E-state index < -0.39 is 29.7 Å². The van der Waals surface area contributed by atoms with Gasteiger partial charge in [-0.25, -0.2) is 0 Å². The third kappa shape index (κ3) is 6.93. The molecule has 10 nitrogen and oxygen atoms in total. The molecule has 1 aromatic heterocycles. The number of carbonyl (C=O) groups is 5. The number of piperidine rings is 1. The van der Waals surface area contributed by atoms with Crippen molar-refractivity contribution in [2.24, 2.45) is 11.8 Å². The van der Waals surface area contributed by atoms with E-state index in [2.05, 4.69) is 20.9 Å². The van der Waals surface area contributed by atoms with Crippen molar-refractivity contribution in [3.63, 3.8) is 0 Å². The first-order chi connectivity index (χ1) is 21.9. The van der Waals surface area contributed by atoms with Crippen molar-refractivity contribution in [2.75, 3.05) is 18.1 Å². The van der Waals surface area contributed by atoms with Gasteiger partial charge in [0.05, 0.1) is 6.04 Å². The molecule has 5 atom stereocenters. The van der Waals surface area contributed by atoms with Crippen LogP contribution in [-0.2, 0) is 25.7 Å². The number of nitrogens with one attached hydrogen (secondary N) is 4. The molecule has 2 saturated heterocycles. The molecule has 236 valence electrons. The van der Waals surface area contributed by atoms with Gasteiger partial charge in [-0.1, -0.05) is 48.5 Å². The average Bonchev–Trinajstić information content (AvgIpc) is 3.87. The van der Waals surface area contributed by atoms with Gasteiger partial charge in [-0.2, -0.15) is 11.8 Å². The number of nitrogens with zero attached hydrogens (tertiary/aromatic N) is 1. The number of likely N-dealkylation sites (tertiary alicyclic amines) is 1. The number of H-pyrrole nitrogens is 1. The van der Waals surface area contributed by atoms with Crippen LogP contribution >= 0.6 is 11.8 Å². The summed E-state index contributed by atoms with van der Waals surface area (Å²) in [6.45, 7) is 0.901. The fourth-order valence-electron chi connectivity index (χ4n) is 6.91. The van der Waals surface area contributed by atoms with Crippen LogP contribution in [0.2, 0.25) is 0 Å². The number of rotatable bonds is 13. The standard InChI is InChI=1S/C34H39N5O5S/c40-30(33(43)36-19-21-7-2-1-3-8-21)27(11-6-16-45-20-24-14-15-35-31(24)41)38-32(42)29-23-12-13-25(17-23)39(29)34(44)28-18-22-9-4-5-10-26(22)37-28/h1-5,7-10,18,23-25,27,29,37H,6,11-17,19-20H2,(H,35,41)(H,36,43)(H,38,42)/t23-,24-,25+,27?,29-/m0/s1. The molecule has 1 saturated carbocycles. The summed E-state index contributed by atoms with van der Waals surface area (Å²) in [6.07, 6.45) is 4.09. The lowest BCUT2D eigenvalue weighted by molar-refractivity contribution is -0.140. The summed E-state index contributed by atoms with van der Waals surface area (Å²) in [4.78, 5) is 71.0. The molecule has 3 heterocycles. The average molecular weight is 630 g/mol. The maximum Gasteiger partial charge on any atom is 0.289 e. The predicted octanol–water partition coefficient (Wildman–Crippen LogP) is 3.18. The van der Waals surface area contributed by atoms with E-state index in [4.69, 9.17) is 0 Å². The molecule has 45 heavy (non-hydrogen) atoms. The number of para-hydroxylation sites is 1. The summed E-state index contributed by atoms with van der Waals surface area (Å²) >= 11 is 1.64. The molecule has 0 spiro atoms. The fraction of sp³-hybridized carbons (Fsp3) is 0.441. The van der Waals surface area contributed by atoms with Crippen LogP contribution in [-0.4, -0.2) is 75.5 Å². The van der Waals surface area contributed by atoms with E-state index in [0.29, 0.717) is 30.2 Å². The Morgan fingerprint density at radius 1 is 1.00 bits per heavy atom. The van der Waals surface area contributed by atoms with Crippen LogP contribution in [0, 0.1) is 11.8 Å². The largest absolute Gasteiger partial charge is 0.356 e. The van der Waals surface area contributed by atoms with Crippen molar-refractivity contribution in [1.29, 1.82) is 0 Å². The maximum absolute atomic E-state index is 13.9. The van der Waals surface area contributed by atoms with Crippen LogP contribution in [0.3, 0.4) is 0 Å². The Labute approximate surface area is 266 Å². The Morgan fingerprint density at radius 3 is 2.58 bits per heavy atom. The van der Waals surface area contributed by atoms with Gasteiger partial charge in [0.15, 0.2) is 0 Å². The SMILES string of the molecule is O=C(NCc1ccccc1)C(=O)C(CCCSC[C@@H]1CCNC1=O)NC(=O)[C@@H]1[C@H]2CC[C@H](C2)N1C(=O)c1cc2ccccc2[nH]1. The molecule has 6 rings (SSSR count). The number of aromatic amines is 1. The number of benzene rings is 2. The van der Waals surface area contributed by atoms with Gasteiger partial charge in [-0.3, -0.25) is 24.0 Å². The quantitative estimate of drug-likeness (QED) is 0.169. The molecule has 1 aliphatic carbocycles. The summed E-state index contributed by atoms with van der Waals surface area (Å²) in [5.41, 5.74) is 2.15. The third-order valence-electron chi connectivity index (χ3n) is 9.26. The van der Waals surface area contributed by atoms with Gasteiger partial charge in [0.1, 0.15) is 11.7 Å². The molecule has 4 amide bonds. The van der Waals surface area contributed by atoms with Gasteiger partial charge < -0.3 is 25.8 Å². The molecule has 2 aromatic carbocycles. The van der Waals surface area contributed by atoms with Gasteiger partial charge in [0.2, 0.25) is 17.6 Å². The van der Waals surface area contributed by atoms with E-state index in [9.17, 15) is 24.0 Å². The molecular formula is C34H39N5O5S. The third-order valence-corrected chi connectivity index (χ3v) is 10.5. The van der Waals surface area contributed by atoms with Gasteiger partial charge in [0, 0.05) is 41.7 Å². The molecule has 3 fully saturated rings. The summed E-state index contributed by atoms with van der Waals surface area (Å²) in [6, 6.07) is 17.0. The van der Waals surface area contributed by atoms with Crippen molar-refractivity contribution in [3.8, 4) is 0 Å². The van der Waals surface area contributed by atoms with E-state index in [1.165, 1.54) is 0 Å². The Kier molecular flexibility index (Phi) is 9.53. The van der Waals surface area contributed by atoms with Crippen molar-refractivity contribution in [3.05, 3.63) is 71.9 Å². The van der Waals surface area contributed by atoms with Crippen molar-refractivity contribution < 1.29 is 24.0 Å². The Morgan fingerprint density at radius 2 is 1.80 bits per heavy atom. The minimum atomic E-state index is -1.02. The van der Waals surface area contributed by atoms with E-state index in [0.717, 1.165) is 42.1 Å². The number of thioether (sulfide) groups is 1. The second kappa shape index (κ2) is 13.9. The number of hydrogen-bond donors (Lipinski definition) is 4. The molecule has 3 aliphatic rings. The normalized spacial score (nSPS) is 22.8. The van der Waals surface area contributed by atoms with Crippen LogP contribution in [0.4, 0.5) is 0 Å². The Balaban J connectivity index is 1.13. The van der Waals surface area contributed by atoms with E-state index >= 15 is 0 Å². The lowest BCUT2D eigenvalue weighted by atomic mass is 9.96. The van der Waals surface area contributed by atoms with Crippen LogP contribution in [0.15, 0.2) is 60.7 Å². The Hall–Kier alpha value is -4.12. The first-order valence-corrected chi connectivity index (χ1v) is 17.0. The lowest BCUT2D eigenvalue weighted by Crippen LogP contribution is -2.56. The smallest absolute Gasteiger partial charge is 0.289 e. The first kappa shape index (κ1) is 30.9. The van der Waals surface area contributed by atoms with Gasteiger partial charge in [-0.15, -0.1) is 0 Å². The number of fused-ring (bicyclic) bond motifs is 3. The van der Waals surface area contributed by atoms with Gasteiger partial charge in [0.25, 0.3) is 11.8 Å². The van der Waals surface area contributed by atoms with E-state index in [1.54, 1.807) is 16.7 Å². The highest BCUT2D eigenvalue weighted by atomic mass is 32.2. The zero-order valence-electron chi connectivity index (χ0n) is 25.1. The highest BCUT2D eigenvalue weighted by Crippen LogP contribution is 2.43. The van der Waals surface area contributed by atoms with Crippen LogP contribution in [0.5, 0.6) is 0 Å². The van der Waals surface area contributed by atoms with Crippen LogP contribution in [0.25, 0.3) is 10.9 Å². The second-order valence-corrected chi connectivity index (χ2v) is 13.4. The van der Waals surface area contributed by atoms with E-state index in [-0.39, 0.29) is 42.7 Å². The molecule has 1 unspecified atom stereocenters. The van der Waals surface area contributed by atoms with Crippen LogP contribution < -0.4 is 16.0 Å². The van der Waals surface area contributed by atoms with E-state index in [1.807, 2.05) is 60.7 Å². The highest BCUT2D eigenvalue weighted by Gasteiger charge is 2.52. The van der Waals surface area contributed by atoms with Gasteiger partial charge >= 0.3 is 0 Å². The number of Topliss-reactive ketones (excluding diaryl/α,β-unsaturated/α-hetero) is 1. The summed E-state index contributed by atoms with van der Waals surface area (Å²) in [5, 5.41) is 9.36. The lowest BCUT2D eigenvalue weighted by Gasteiger charge is -2.35. The van der Waals surface area contributed by atoms with Crippen molar-refractivity contribution in [1.82, 2.24) is 25.8 Å². The molecule has 3 aromatic rings. The minimum Gasteiger partial charge on any atom is -0.356 e. The number of aromatic nitrogens is 1. The predicted molar refractivity (Wildman–Crippen MR) is 172 cm³/mol. The number of amides is 4. The van der Waals surface area contributed by atoms with Crippen molar-refractivity contribution in [2.45, 2.75) is 63.2 Å². The molecular weight excluding hydrogens is 590 g/mol. The molecule has 2 bridgehead atoms. The molecule has 2 aliphatic heterocycles. The summed E-state index contributed by atoms with van der Waals surface area (Å²) < 4.78 is 0. The Bertz CT molecular complexity index is 1540. The number of carbonyl (C=O) groups excluding carboxylic acids is 5. The summed E-state index contributed by atoms with van der Waals surface area (Å²) in [7, 11) is 0. The van der Waals surface area contributed by atoms with Crippen molar-refractivity contribution >= 4 is 52.1 Å². The summed E-state index contributed by atoms with van der Waals surface area (Å²) in [5.74, 6) is -0.609. The first-order valence-electron chi connectivity index (χ1n) is 15.8. The monoisotopic (exact) mass is 629 g/mol. The minimum absolute atomic E-state index is 0.000832. The van der Waals surface area contributed by atoms with Crippen LogP contribution in [0.1, 0.15) is 54.6 Å². The zero-order valence-corrected chi connectivity index (χ0v) is 25.9. The molecule has 4 N–H and O–H groups in total. The molecule has 11 heteroatoms. The second-order valence-electron chi connectivity index (χ2n) is 12.2. The number of hydrogen-bond acceptors (Lipinski definition) is 6. The number of ketones is 1. The maximum atomic E-state index is 13.9. The zero-order chi connectivity index (χ0) is 31.3. The molecule has 0 radical (unpaired) electrons. The highest BCUT2D eigenvalue weighted by molar-refractivity contribution is 7.99. The van der Waals surface area contributed by atoms with Gasteiger partial charge in [-0.05, 0) is 67.9 Å².